The van der Waals surface area contributed by atoms with Gasteiger partial charge in [-0.1, -0.05) is 12.1 Å². The third kappa shape index (κ3) is 2.76. The van der Waals surface area contributed by atoms with Gasteiger partial charge in [-0.3, -0.25) is 4.79 Å². The van der Waals surface area contributed by atoms with E-state index in [2.05, 4.69) is 10.6 Å². The summed E-state index contributed by atoms with van der Waals surface area (Å²) in [6.07, 6.45) is 0. The predicted molar refractivity (Wildman–Crippen MR) is 68.5 cm³/mol. The van der Waals surface area contributed by atoms with E-state index in [1.165, 1.54) is 12.1 Å². The average molecular weight is 248 g/mol. The number of carbonyl (C=O) groups is 1. The Morgan fingerprint density at radius 2 is 1.94 bits per heavy atom. The molecule has 0 radical (unpaired) electrons. The van der Waals surface area contributed by atoms with Crippen LogP contribution in [0.1, 0.15) is 25.5 Å². The smallest absolute Gasteiger partial charge is 0.247 e. The van der Waals surface area contributed by atoms with Crippen molar-refractivity contribution >= 4 is 5.91 Å². The summed E-state index contributed by atoms with van der Waals surface area (Å²) >= 11 is 0. The minimum absolute atomic E-state index is 0.0525. The third-order valence-electron chi connectivity index (χ3n) is 3.27. The van der Waals surface area contributed by atoms with E-state index in [1.54, 1.807) is 12.1 Å². The first-order valence-corrected chi connectivity index (χ1v) is 6.03. The molecule has 1 aromatic rings. The molecule has 1 aliphatic heterocycles. The van der Waals surface area contributed by atoms with Gasteiger partial charge in [0.15, 0.2) is 0 Å². The third-order valence-corrected chi connectivity index (χ3v) is 3.27. The molecule has 1 aromatic carbocycles. The zero-order valence-corrected chi connectivity index (χ0v) is 10.6. The fourth-order valence-corrected chi connectivity index (χ4v) is 1.82. The van der Waals surface area contributed by atoms with Gasteiger partial charge in [0.25, 0.3) is 0 Å². The number of hydrogen-bond donors (Lipinski definition) is 2. The summed E-state index contributed by atoms with van der Waals surface area (Å²) < 4.78 is 12.8. The number of benzene rings is 1. The van der Waals surface area contributed by atoms with Crippen LogP contribution in [0.5, 0.6) is 0 Å². The molecule has 0 aromatic heterocycles. The van der Waals surface area contributed by atoms with Crippen molar-refractivity contribution in [3.63, 3.8) is 0 Å². The van der Waals surface area contributed by atoms with Gasteiger partial charge in [0.05, 0.1) is 6.04 Å². The molecular formula is C14H17FN2O. The Morgan fingerprint density at radius 1 is 1.33 bits per heavy atom. The van der Waals surface area contributed by atoms with Gasteiger partial charge < -0.3 is 10.6 Å². The van der Waals surface area contributed by atoms with Crippen LogP contribution in [0.4, 0.5) is 4.39 Å². The van der Waals surface area contributed by atoms with Crippen molar-refractivity contribution in [2.24, 2.45) is 0 Å². The molecule has 2 N–H and O–H groups in total. The van der Waals surface area contributed by atoms with Crippen LogP contribution >= 0.6 is 0 Å². The second kappa shape index (κ2) is 5.31. The Labute approximate surface area is 106 Å². The lowest BCUT2D eigenvalue weighted by Crippen LogP contribution is -2.38. The molecule has 3 nitrogen and oxygen atoms in total. The first-order valence-electron chi connectivity index (χ1n) is 6.03. The van der Waals surface area contributed by atoms with Crippen molar-refractivity contribution in [2.75, 3.05) is 13.1 Å². The maximum absolute atomic E-state index is 12.8. The summed E-state index contributed by atoms with van der Waals surface area (Å²) in [5.41, 5.74) is 2.83. The lowest BCUT2D eigenvalue weighted by molar-refractivity contribution is -0.118. The van der Waals surface area contributed by atoms with Gasteiger partial charge >= 0.3 is 0 Å². The molecule has 0 aliphatic carbocycles. The largest absolute Gasteiger partial charge is 0.346 e. The molecule has 4 heteroatoms. The maximum Gasteiger partial charge on any atom is 0.247 e. The van der Waals surface area contributed by atoms with Crippen molar-refractivity contribution in [3.05, 3.63) is 46.8 Å². The van der Waals surface area contributed by atoms with Crippen LogP contribution in [0, 0.1) is 5.82 Å². The minimum atomic E-state index is -0.267. The number of carbonyl (C=O) groups excluding carboxylic acids is 1. The molecule has 1 saturated heterocycles. The van der Waals surface area contributed by atoms with E-state index >= 15 is 0 Å². The molecule has 1 amide bonds. The van der Waals surface area contributed by atoms with E-state index in [0.717, 1.165) is 29.8 Å². The van der Waals surface area contributed by atoms with Gasteiger partial charge in [0.1, 0.15) is 5.82 Å². The second-order valence-corrected chi connectivity index (χ2v) is 4.58. The number of halogens is 1. The molecule has 1 aliphatic rings. The SMILES string of the molecule is CC(C(=O)NC(C)c1ccc(F)cc1)=C1CNC1. The molecule has 1 heterocycles. The lowest BCUT2D eigenvalue weighted by atomic mass is 10.0. The number of amides is 1. The van der Waals surface area contributed by atoms with Crippen LogP contribution in [-0.4, -0.2) is 19.0 Å². The minimum Gasteiger partial charge on any atom is -0.346 e. The zero-order valence-electron chi connectivity index (χ0n) is 10.6. The van der Waals surface area contributed by atoms with Crippen LogP contribution in [0.15, 0.2) is 35.4 Å². The van der Waals surface area contributed by atoms with Crippen LogP contribution < -0.4 is 10.6 Å². The van der Waals surface area contributed by atoms with Crippen LogP contribution in [-0.2, 0) is 4.79 Å². The lowest BCUT2D eigenvalue weighted by Gasteiger charge is -2.22. The van der Waals surface area contributed by atoms with Crippen LogP contribution in [0.2, 0.25) is 0 Å². The van der Waals surface area contributed by atoms with E-state index in [4.69, 9.17) is 0 Å². The molecule has 96 valence electrons. The Balaban J connectivity index is 2.01. The van der Waals surface area contributed by atoms with Gasteiger partial charge in [0.2, 0.25) is 5.91 Å². The Hall–Kier alpha value is -1.68. The summed E-state index contributed by atoms with van der Waals surface area (Å²) in [5.74, 6) is -0.320. The van der Waals surface area contributed by atoms with E-state index < -0.39 is 0 Å². The molecule has 0 bridgehead atoms. The number of rotatable bonds is 3. The van der Waals surface area contributed by atoms with Gasteiger partial charge in [0, 0.05) is 18.7 Å². The van der Waals surface area contributed by atoms with Crippen molar-refractivity contribution in [1.82, 2.24) is 10.6 Å². The molecule has 1 atom stereocenters. The van der Waals surface area contributed by atoms with E-state index in [-0.39, 0.29) is 17.8 Å². The first kappa shape index (κ1) is 12.8. The van der Waals surface area contributed by atoms with Gasteiger partial charge in [-0.15, -0.1) is 0 Å². The molecule has 1 fully saturated rings. The van der Waals surface area contributed by atoms with Crippen molar-refractivity contribution in [2.45, 2.75) is 19.9 Å². The van der Waals surface area contributed by atoms with E-state index in [0.29, 0.717) is 0 Å². The average Bonchev–Trinajstić information content (AvgIpc) is 2.27. The van der Waals surface area contributed by atoms with Gasteiger partial charge in [-0.2, -0.15) is 0 Å². The standard InChI is InChI=1S/C14H17FN2O/c1-9(12-7-16-8-12)14(18)17-10(2)11-3-5-13(15)6-4-11/h3-6,10,16H,7-8H2,1-2H3,(H,17,18). The molecule has 0 spiro atoms. The van der Waals surface area contributed by atoms with Crippen molar-refractivity contribution in [1.29, 1.82) is 0 Å². The van der Waals surface area contributed by atoms with E-state index in [9.17, 15) is 9.18 Å². The summed E-state index contributed by atoms with van der Waals surface area (Å²) in [7, 11) is 0. The molecule has 18 heavy (non-hydrogen) atoms. The molecule has 0 saturated carbocycles. The Bertz CT molecular complexity index is 473. The molecule has 2 rings (SSSR count). The zero-order chi connectivity index (χ0) is 13.1. The molecule has 1 unspecified atom stereocenters. The van der Waals surface area contributed by atoms with E-state index in [1.807, 2.05) is 13.8 Å². The quantitative estimate of drug-likeness (QED) is 0.802. The number of hydrogen-bond acceptors (Lipinski definition) is 2. The summed E-state index contributed by atoms with van der Waals surface area (Å²) in [4.78, 5) is 12.0. The van der Waals surface area contributed by atoms with Crippen molar-refractivity contribution in [3.8, 4) is 0 Å². The van der Waals surface area contributed by atoms with Crippen LogP contribution in [0.3, 0.4) is 0 Å². The normalized spacial score (nSPS) is 15.8. The number of nitrogens with one attached hydrogen (secondary N) is 2. The van der Waals surface area contributed by atoms with Crippen LogP contribution in [0.25, 0.3) is 0 Å². The summed E-state index contributed by atoms with van der Waals surface area (Å²) in [5, 5.41) is 6.03. The predicted octanol–water partition coefficient (Wildman–Crippen LogP) is 1.92. The maximum atomic E-state index is 12.8. The molecular weight excluding hydrogens is 231 g/mol. The summed E-state index contributed by atoms with van der Waals surface area (Å²) in [6, 6.07) is 6.06. The fraction of sp³-hybridized carbons (Fsp3) is 0.357. The summed E-state index contributed by atoms with van der Waals surface area (Å²) in [6.45, 7) is 5.32. The van der Waals surface area contributed by atoms with Gasteiger partial charge in [-0.25, -0.2) is 4.39 Å². The second-order valence-electron chi connectivity index (χ2n) is 4.58. The Kier molecular flexibility index (Phi) is 3.77. The Morgan fingerprint density at radius 3 is 2.44 bits per heavy atom. The highest BCUT2D eigenvalue weighted by atomic mass is 19.1. The highest BCUT2D eigenvalue weighted by molar-refractivity contribution is 5.94. The fourth-order valence-electron chi connectivity index (χ4n) is 1.82. The highest BCUT2D eigenvalue weighted by Crippen LogP contribution is 2.15. The highest BCUT2D eigenvalue weighted by Gasteiger charge is 2.17. The first-order chi connectivity index (χ1) is 8.58. The van der Waals surface area contributed by atoms with Gasteiger partial charge in [-0.05, 0) is 37.1 Å². The van der Waals surface area contributed by atoms with Crippen molar-refractivity contribution < 1.29 is 9.18 Å². The topological polar surface area (TPSA) is 41.1 Å². The monoisotopic (exact) mass is 248 g/mol.